The maximum atomic E-state index is 12.4. The molecule has 0 spiro atoms. The van der Waals surface area contributed by atoms with Gasteiger partial charge in [-0.15, -0.1) is 0 Å². The molecule has 8 nitrogen and oxygen atoms in total. The van der Waals surface area contributed by atoms with Gasteiger partial charge in [0, 0.05) is 17.1 Å². The maximum Gasteiger partial charge on any atom is 0.274 e. The fourth-order valence-electron chi connectivity index (χ4n) is 2.39. The number of anilines is 1. The van der Waals surface area contributed by atoms with Crippen molar-refractivity contribution in [2.75, 3.05) is 18.1 Å². The van der Waals surface area contributed by atoms with Crippen molar-refractivity contribution in [3.63, 3.8) is 0 Å². The Morgan fingerprint density at radius 3 is 2.41 bits per heavy atom. The SMILES string of the molecule is Cc1c(NC(=O)CN(Cc2ccc(Br)cc2)S(C)(=O)=O)cccc1[N+](=O)[O-]. The Kier molecular flexibility index (Phi) is 6.68. The molecule has 0 saturated heterocycles. The van der Waals surface area contributed by atoms with E-state index in [-0.39, 0.29) is 17.9 Å². The van der Waals surface area contributed by atoms with Crippen LogP contribution in [0.15, 0.2) is 46.9 Å². The Morgan fingerprint density at radius 2 is 1.85 bits per heavy atom. The highest BCUT2D eigenvalue weighted by Crippen LogP contribution is 2.25. The van der Waals surface area contributed by atoms with Crippen molar-refractivity contribution in [2.24, 2.45) is 0 Å². The van der Waals surface area contributed by atoms with Crippen LogP contribution in [0.25, 0.3) is 0 Å². The van der Waals surface area contributed by atoms with Gasteiger partial charge in [0.1, 0.15) is 0 Å². The number of nitrogens with one attached hydrogen (secondary N) is 1. The van der Waals surface area contributed by atoms with Gasteiger partial charge in [-0.3, -0.25) is 14.9 Å². The minimum absolute atomic E-state index is 0.0352. The summed E-state index contributed by atoms with van der Waals surface area (Å²) in [7, 11) is -3.64. The fraction of sp³-hybridized carbons (Fsp3) is 0.235. The topological polar surface area (TPSA) is 110 Å². The van der Waals surface area contributed by atoms with Crippen LogP contribution in [-0.4, -0.2) is 36.4 Å². The lowest BCUT2D eigenvalue weighted by atomic mass is 10.1. The average Bonchev–Trinajstić information content (AvgIpc) is 2.57. The van der Waals surface area contributed by atoms with Gasteiger partial charge >= 0.3 is 0 Å². The van der Waals surface area contributed by atoms with Gasteiger partial charge in [0.05, 0.1) is 29.0 Å². The molecule has 2 rings (SSSR count). The molecule has 144 valence electrons. The molecule has 0 aliphatic rings. The van der Waals surface area contributed by atoms with Crippen molar-refractivity contribution in [2.45, 2.75) is 13.5 Å². The van der Waals surface area contributed by atoms with Crippen molar-refractivity contribution < 1.29 is 18.1 Å². The highest BCUT2D eigenvalue weighted by molar-refractivity contribution is 9.10. The number of nitro groups is 1. The van der Waals surface area contributed by atoms with Crippen molar-refractivity contribution in [3.8, 4) is 0 Å². The Morgan fingerprint density at radius 1 is 1.22 bits per heavy atom. The fourth-order valence-corrected chi connectivity index (χ4v) is 3.39. The van der Waals surface area contributed by atoms with E-state index in [0.29, 0.717) is 5.56 Å². The second-order valence-corrected chi connectivity index (χ2v) is 8.81. The third kappa shape index (κ3) is 5.84. The summed E-state index contributed by atoms with van der Waals surface area (Å²) in [5.74, 6) is -0.582. The molecule has 0 bridgehead atoms. The van der Waals surface area contributed by atoms with Crippen LogP contribution in [0.2, 0.25) is 0 Å². The van der Waals surface area contributed by atoms with Crippen molar-refractivity contribution in [1.82, 2.24) is 4.31 Å². The number of sulfonamides is 1. The second-order valence-electron chi connectivity index (χ2n) is 5.91. The van der Waals surface area contributed by atoms with Gasteiger partial charge in [0.25, 0.3) is 5.69 Å². The Labute approximate surface area is 165 Å². The van der Waals surface area contributed by atoms with Gasteiger partial charge in [0.15, 0.2) is 0 Å². The number of hydrogen-bond acceptors (Lipinski definition) is 5. The van der Waals surface area contributed by atoms with Crippen LogP contribution in [0.5, 0.6) is 0 Å². The first-order valence-corrected chi connectivity index (χ1v) is 10.5. The van der Waals surface area contributed by atoms with E-state index in [0.717, 1.165) is 20.6 Å². The molecule has 1 amide bonds. The summed E-state index contributed by atoms with van der Waals surface area (Å²) in [6, 6.07) is 11.4. The molecule has 0 aromatic heterocycles. The molecule has 2 aromatic carbocycles. The molecule has 0 heterocycles. The zero-order valence-electron chi connectivity index (χ0n) is 14.7. The average molecular weight is 456 g/mol. The van der Waals surface area contributed by atoms with Gasteiger partial charge in [0.2, 0.25) is 15.9 Å². The van der Waals surface area contributed by atoms with Crippen LogP contribution in [0, 0.1) is 17.0 Å². The summed E-state index contributed by atoms with van der Waals surface area (Å²) in [4.78, 5) is 22.8. The van der Waals surface area contributed by atoms with Crippen LogP contribution in [-0.2, 0) is 21.4 Å². The van der Waals surface area contributed by atoms with E-state index in [1.165, 1.54) is 25.1 Å². The molecule has 1 N–H and O–H groups in total. The van der Waals surface area contributed by atoms with Crippen LogP contribution >= 0.6 is 15.9 Å². The third-order valence-corrected chi connectivity index (χ3v) is 5.56. The number of carbonyl (C=O) groups is 1. The molecule has 0 saturated carbocycles. The predicted octanol–water partition coefficient (Wildman–Crippen LogP) is 3.07. The summed E-state index contributed by atoms with van der Waals surface area (Å²) in [5.41, 5.74) is 1.17. The predicted molar refractivity (Wildman–Crippen MR) is 106 cm³/mol. The number of rotatable bonds is 7. The standard InChI is InChI=1S/C17H18BrN3O5S/c1-12-15(4-3-5-16(12)21(23)24)19-17(22)11-20(27(2,25)26)10-13-6-8-14(18)9-7-13/h3-9H,10-11H2,1-2H3,(H,19,22). The van der Waals surface area contributed by atoms with Gasteiger partial charge in [-0.2, -0.15) is 4.31 Å². The number of benzene rings is 2. The van der Waals surface area contributed by atoms with Gasteiger partial charge < -0.3 is 5.32 Å². The number of halogens is 1. The molecule has 0 aliphatic heterocycles. The van der Waals surface area contributed by atoms with Gasteiger partial charge in [-0.1, -0.05) is 34.1 Å². The van der Waals surface area contributed by atoms with Crippen molar-refractivity contribution in [1.29, 1.82) is 0 Å². The molecule has 10 heteroatoms. The largest absolute Gasteiger partial charge is 0.324 e. The zero-order valence-corrected chi connectivity index (χ0v) is 17.1. The zero-order chi connectivity index (χ0) is 20.2. The summed E-state index contributed by atoms with van der Waals surface area (Å²) in [5, 5.41) is 13.5. The highest BCUT2D eigenvalue weighted by atomic mass is 79.9. The van der Waals surface area contributed by atoms with Crippen LogP contribution in [0.4, 0.5) is 11.4 Å². The summed E-state index contributed by atoms with van der Waals surface area (Å²) < 4.78 is 26.0. The molecular weight excluding hydrogens is 438 g/mol. The number of nitro benzene ring substituents is 1. The number of amides is 1. The summed E-state index contributed by atoms with van der Waals surface area (Å²) in [6.07, 6.45) is 1.03. The monoisotopic (exact) mass is 455 g/mol. The number of hydrogen-bond donors (Lipinski definition) is 1. The van der Waals surface area contributed by atoms with Gasteiger partial charge in [-0.05, 0) is 30.7 Å². The Bertz CT molecular complexity index is 961. The van der Waals surface area contributed by atoms with Gasteiger partial charge in [-0.25, -0.2) is 8.42 Å². The highest BCUT2D eigenvalue weighted by Gasteiger charge is 2.22. The Hall–Kier alpha value is -2.30. The lowest BCUT2D eigenvalue weighted by Gasteiger charge is -2.20. The first kappa shape index (κ1) is 21.0. The van der Waals surface area contributed by atoms with E-state index >= 15 is 0 Å². The Balaban J connectivity index is 2.16. The maximum absolute atomic E-state index is 12.4. The molecule has 0 radical (unpaired) electrons. The number of nitrogens with zero attached hydrogens (tertiary/aromatic N) is 2. The van der Waals surface area contributed by atoms with E-state index in [1.54, 1.807) is 24.3 Å². The van der Waals surface area contributed by atoms with Crippen LogP contribution in [0.1, 0.15) is 11.1 Å². The molecule has 0 fully saturated rings. The molecule has 0 aliphatic carbocycles. The molecule has 0 atom stereocenters. The van der Waals surface area contributed by atoms with Crippen LogP contribution in [0.3, 0.4) is 0 Å². The van der Waals surface area contributed by atoms with Crippen molar-refractivity contribution >= 4 is 43.2 Å². The minimum Gasteiger partial charge on any atom is -0.324 e. The van der Waals surface area contributed by atoms with E-state index < -0.39 is 27.4 Å². The quantitative estimate of drug-likeness (QED) is 0.509. The van der Waals surface area contributed by atoms with E-state index in [9.17, 15) is 23.3 Å². The third-order valence-electron chi connectivity index (χ3n) is 3.84. The molecular formula is C17H18BrN3O5S. The molecule has 2 aromatic rings. The minimum atomic E-state index is -3.64. The molecule has 0 unspecified atom stereocenters. The lowest BCUT2D eigenvalue weighted by Crippen LogP contribution is -2.37. The first-order chi connectivity index (χ1) is 12.6. The van der Waals surface area contributed by atoms with Crippen molar-refractivity contribution in [3.05, 3.63) is 68.2 Å². The normalized spacial score (nSPS) is 11.4. The summed E-state index contributed by atoms with van der Waals surface area (Å²) in [6.45, 7) is 1.15. The number of carbonyl (C=O) groups excluding carboxylic acids is 1. The summed E-state index contributed by atoms with van der Waals surface area (Å²) >= 11 is 3.31. The second kappa shape index (κ2) is 8.59. The molecule has 27 heavy (non-hydrogen) atoms. The smallest absolute Gasteiger partial charge is 0.274 e. The first-order valence-electron chi connectivity index (χ1n) is 7.81. The van der Waals surface area contributed by atoms with Crippen LogP contribution < -0.4 is 5.32 Å². The van der Waals surface area contributed by atoms with E-state index in [4.69, 9.17) is 0 Å². The van der Waals surface area contributed by atoms with E-state index in [2.05, 4.69) is 21.2 Å². The lowest BCUT2D eigenvalue weighted by molar-refractivity contribution is -0.385. The van der Waals surface area contributed by atoms with E-state index in [1.807, 2.05) is 0 Å².